The fraction of sp³-hybridized carbons (Fsp3) is 0.353. The van der Waals surface area contributed by atoms with Crippen molar-refractivity contribution in [3.8, 4) is 5.75 Å². The van der Waals surface area contributed by atoms with Crippen LogP contribution in [-0.2, 0) is 11.8 Å². The molecule has 0 unspecified atom stereocenters. The second-order valence-corrected chi connectivity index (χ2v) is 6.92. The van der Waals surface area contributed by atoms with Crippen molar-refractivity contribution in [3.63, 3.8) is 0 Å². The average molecular weight is 345 g/mol. The summed E-state index contributed by atoms with van der Waals surface area (Å²) in [5.74, 6) is 0.690. The fourth-order valence-electron chi connectivity index (χ4n) is 2.70. The molecule has 2 heterocycles. The number of thioether (sulfide) groups is 1. The van der Waals surface area contributed by atoms with E-state index in [0.29, 0.717) is 17.9 Å². The molecule has 1 aliphatic rings. The number of ether oxygens (including phenoxy) is 1. The molecule has 1 aromatic heterocycles. The Morgan fingerprint density at radius 2 is 2.21 bits per heavy atom. The molecule has 0 aliphatic carbocycles. The van der Waals surface area contributed by atoms with Crippen LogP contribution in [0.15, 0.2) is 35.5 Å². The average Bonchev–Trinajstić information content (AvgIpc) is 3.14. The molecule has 1 amide bonds. The van der Waals surface area contributed by atoms with Crippen LogP contribution in [0, 0.1) is 0 Å². The summed E-state index contributed by atoms with van der Waals surface area (Å²) in [5.41, 5.74) is 1.43. The van der Waals surface area contributed by atoms with Gasteiger partial charge in [-0.1, -0.05) is 6.07 Å². The van der Waals surface area contributed by atoms with Gasteiger partial charge in [0, 0.05) is 25.4 Å². The molecule has 1 atom stereocenters. The van der Waals surface area contributed by atoms with Gasteiger partial charge in [0.15, 0.2) is 5.78 Å². The number of benzene rings is 1. The standard InChI is InChI=1S/C17H19N3O3S/c1-11(21)12-4-5-15(14(8-12)23-3)24-16-6-7-20(17(16)22)13-9-18-19(2)10-13/h4-5,8-10,16H,6-7H2,1-3H3/t16-/m0/s1. The summed E-state index contributed by atoms with van der Waals surface area (Å²) in [7, 11) is 3.40. The van der Waals surface area contributed by atoms with Crippen molar-refractivity contribution in [2.45, 2.75) is 23.5 Å². The molecule has 0 radical (unpaired) electrons. The van der Waals surface area contributed by atoms with Gasteiger partial charge in [0.25, 0.3) is 0 Å². The van der Waals surface area contributed by atoms with Crippen LogP contribution >= 0.6 is 11.8 Å². The summed E-state index contributed by atoms with van der Waals surface area (Å²) in [6.45, 7) is 2.20. The van der Waals surface area contributed by atoms with Gasteiger partial charge in [-0.05, 0) is 25.5 Å². The molecule has 126 valence electrons. The van der Waals surface area contributed by atoms with E-state index in [4.69, 9.17) is 4.74 Å². The second-order valence-electron chi connectivity index (χ2n) is 5.68. The third-order valence-corrected chi connectivity index (χ3v) is 5.31. The summed E-state index contributed by atoms with van der Waals surface area (Å²) >= 11 is 1.48. The van der Waals surface area contributed by atoms with Gasteiger partial charge < -0.3 is 9.64 Å². The SMILES string of the molecule is COc1cc(C(C)=O)ccc1S[C@H]1CCN(c2cnn(C)c2)C1=O. The maximum Gasteiger partial charge on any atom is 0.240 e. The molecule has 1 aliphatic heterocycles. The van der Waals surface area contributed by atoms with Gasteiger partial charge >= 0.3 is 0 Å². The zero-order valence-electron chi connectivity index (χ0n) is 13.9. The molecule has 1 fully saturated rings. The van der Waals surface area contributed by atoms with Crippen LogP contribution in [0.1, 0.15) is 23.7 Å². The highest BCUT2D eigenvalue weighted by Gasteiger charge is 2.34. The lowest BCUT2D eigenvalue weighted by Gasteiger charge is -2.15. The number of aromatic nitrogens is 2. The third-order valence-electron chi connectivity index (χ3n) is 4.00. The van der Waals surface area contributed by atoms with Gasteiger partial charge in [-0.2, -0.15) is 5.10 Å². The van der Waals surface area contributed by atoms with Gasteiger partial charge in [0.1, 0.15) is 5.75 Å². The number of carbonyl (C=O) groups excluding carboxylic acids is 2. The first-order valence-corrected chi connectivity index (χ1v) is 8.53. The molecule has 6 nitrogen and oxygen atoms in total. The Bertz CT molecular complexity index is 787. The van der Waals surface area contributed by atoms with Crippen molar-refractivity contribution in [3.05, 3.63) is 36.2 Å². The second kappa shape index (κ2) is 6.68. The monoisotopic (exact) mass is 345 g/mol. The highest BCUT2D eigenvalue weighted by Crippen LogP contribution is 2.38. The van der Waals surface area contributed by atoms with Crippen LogP contribution in [0.2, 0.25) is 0 Å². The number of hydrogen-bond acceptors (Lipinski definition) is 5. The lowest BCUT2D eigenvalue weighted by Crippen LogP contribution is -2.27. The van der Waals surface area contributed by atoms with E-state index in [0.717, 1.165) is 17.0 Å². The molecule has 1 aromatic carbocycles. The number of methoxy groups -OCH3 is 1. The number of rotatable bonds is 5. The van der Waals surface area contributed by atoms with E-state index in [2.05, 4.69) is 5.10 Å². The van der Waals surface area contributed by atoms with Crippen molar-refractivity contribution in [1.29, 1.82) is 0 Å². The zero-order chi connectivity index (χ0) is 17.3. The van der Waals surface area contributed by atoms with Crippen molar-refractivity contribution in [2.24, 2.45) is 7.05 Å². The molecule has 1 saturated heterocycles. The maximum atomic E-state index is 12.7. The molecular weight excluding hydrogens is 326 g/mol. The van der Waals surface area contributed by atoms with Crippen LogP contribution in [0.3, 0.4) is 0 Å². The Labute approximate surface area is 144 Å². The fourth-order valence-corrected chi connectivity index (χ4v) is 3.87. The normalized spacial score (nSPS) is 17.4. The van der Waals surface area contributed by atoms with Crippen molar-refractivity contribution >= 4 is 29.1 Å². The summed E-state index contributed by atoms with van der Waals surface area (Å²) in [6.07, 6.45) is 4.30. The highest BCUT2D eigenvalue weighted by atomic mass is 32.2. The Balaban J connectivity index is 1.77. The van der Waals surface area contributed by atoms with Crippen LogP contribution in [0.5, 0.6) is 5.75 Å². The molecule has 3 rings (SSSR count). The number of Topliss-reactive ketones (excluding diaryl/α,β-unsaturated/α-hetero) is 1. The first-order chi connectivity index (χ1) is 11.5. The number of nitrogens with zero attached hydrogens (tertiary/aromatic N) is 3. The van der Waals surface area contributed by atoms with Crippen LogP contribution in [0.4, 0.5) is 5.69 Å². The Kier molecular flexibility index (Phi) is 4.62. The minimum Gasteiger partial charge on any atom is -0.496 e. The lowest BCUT2D eigenvalue weighted by atomic mass is 10.1. The molecule has 7 heteroatoms. The summed E-state index contributed by atoms with van der Waals surface area (Å²) in [6, 6.07) is 5.34. The van der Waals surface area contributed by atoms with Crippen LogP contribution in [-0.4, -0.2) is 40.4 Å². The van der Waals surface area contributed by atoms with Crippen molar-refractivity contribution in [2.75, 3.05) is 18.6 Å². The van der Waals surface area contributed by atoms with E-state index in [1.807, 2.05) is 19.3 Å². The molecule has 0 bridgehead atoms. The molecule has 0 spiro atoms. The number of amides is 1. The Hall–Kier alpha value is -2.28. The minimum atomic E-state index is -0.165. The first-order valence-electron chi connectivity index (χ1n) is 7.65. The predicted molar refractivity (Wildman–Crippen MR) is 92.8 cm³/mol. The van der Waals surface area contributed by atoms with Crippen molar-refractivity contribution < 1.29 is 14.3 Å². The number of anilines is 1. The third kappa shape index (κ3) is 3.17. The van der Waals surface area contributed by atoms with E-state index in [9.17, 15) is 9.59 Å². The minimum absolute atomic E-state index is 0.00968. The van der Waals surface area contributed by atoms with Gasteiger partial charge in [-0.25, -0.2) is 0 Å². The molecular formula is C17H19N3O3S. The molecule has 2 aromatic rings. The first kappa shape index (κ1) is 16.6. The van der Waals surface area contributed by atoms with E-state index < -0.39 is 0 Å². The van der Waals surface area contributed by atoms with E-state index in [1.54, 1.807) is 35.0 Å². The predicted octanol–water partition coefficient (Wildman–Crippen LogP) is 2.53. The number of hydrogen-bond donors (Lipinski definition) is 0. The summed E-state index contributed by atoms with van der Waals surface area (Å²) in [5, 5.41) is 3.96. The Morgan fingerprint density at radius 1 is 1.42 bits per heavy atom. The Morgan fingerprint density at radius 3 is 2.83 bits per heavy atom. The van der Waals surface area contributed by atoms with Crippen LogP contribution in [0.25, 0.3) is 0 Å². The van der Waals surface area contributed by atoms with E-state index in [1.165, 1.54) is 18.7 Å². The number of ketones is 1. The molecule has 0 N–H and O–H groups in total. The van der Waals surface area contributed by atoms with Gasteiger partial charge in [-0.3, -0.25) is 14.3 Å². The van der Waals surface area contributed by atoms with Gasteiger partial charge in [-0.15, -0.1) is 11.8 Å². The van der Waals surface area contributed by atoms with E-state index >= 15 is 0 Å². The summed E-state index contributed by atoms with van der Waals surface area (Å²) in [4.78, 5) is 26.8. The largest absolute Gasteiger partial charge is 0.496 e. The van der Waals surface area contributed by atoms with Crippen LogP contribution < -0.4 is 9.64 Å². The molecule has 0 saturated carbocycles. The van der Waals surface area contributed by atoms with Gasteiger partial charge in [0.2, 0.25) is 5.91 Å². The number of carbonyl (C=O) groups is 2. The topological polar surface area (TPSA) is 64.4 Å². The number of aryl methyl sites for hydroxylation is 1. The molecule has 24 heavy (non-hydrogen) atoms. The zero-order valence-corrected chi connectivity index (χ0v) is 14.7. The van der Waals surface area contributed by atoms with E-state index in [-0.39, 0.29) is 16.9 Å². The lowest BCUT2D eigenvalue weighted by molar-refractivity contribution is -0.116. The highest BCUT2D eigenvalue weighted by molar-refractivity contribution is 8.00. The summed E-state index contributed by atoms with van der Waals surface area (Å²) < 4.78 is 7.07. The smallest absolute Gasteiger partial charge is 0.240 e. The quantitative estimate of drug-likeness (QED) is 0.779. The maximum absolute atomic E-state index is 12.7. The van der Waals surface area contributed by atoms with Crippen molar-refractivity contribution in [1.82, 2.24) is 9.78 Å². The van der Waals surface area contributed by atoms with Gasteiger partial charge in [0.05, 0.1) is 29.1 Å².